The molecular weight excluding hydrogens is 292 g/mol. The molecule has 2 aliphatic heterocycles. The second-order valence-electron chi connectivity index (χ2n) is 7.07. The molecule has 0 aromatic carbocycles. The van der Waals surface area contributed by atoms with Crippen LogP contribution in [0.15, 0.2) is 18.5 Å². The van der Waals surface area contributed by atoms with Crippen LogP contribution in [0.5, 0.6) is 0 Å². The van der Waals surface area contributed by atoms with Gasteiger partial charge in [-0.2, -0.15) is 0 Å². The number of rotatable bonds is 3. The van der Waals surface area contributed by atoms with E-state index >= 15 is 0 Å². The molecule has 0 atom stereocenters. The second-order valence-corrected chi connectivity index (χ2v) is 7.07. The maximum Gasteiger partial charge on any atom is 0.255 e. The number of hydrogen-bond donors (Lipinski definition) is 2. The van der Waals surface area contributed by atoms with Crippen LogP contribution >= 0.6 is 0 Å². The van der Waals surface area contributed by atoms with E-state index in [1.165, 1.54) is 12.8 Å². The molecule has 1 aliphatic carbocycles. The van der Waals surface area contributed by atoms with E-state index in [1.807, 2.05) is 4.90 Å². The van der Waals surface area contributed by atoms with E-state index in [-0.39, 0.29) is 11.8 Å². The fraction of sp³-hybridized carbons (Fsp3) is 0.647. The molecule has 2 amide bonds. The van der Waals surface area contributed by atoms with Gasteiger partial charge in [-0.1, -0.05) is 0 Å². The molecule has 3 aliphatic rings. The molecule has 1 saturated carbocycles. The quantitative estimate of drug-likeness (QED) is 0.868. The first-order valence-corrected chi connectivity index (χ1v) is 8.64. The third-order valence-corrected chi connectivity index (χ3v) is 5.59. The van der Waals surface area contributed by atoms with Crippen molar-refractivity contribution in [3.05, 3.63) is 24.0 Å². The number of likely N-dealkylation sites (tertiary alicyclic amines) is 1. The highest BCUT2D eigenvalue weighted by molar-refractivity contribution is 5.94. The monoisotopic (exact) mass is 316 g/mol. The summed E-state index contributed by atoms with van der Waals surface area (Å²) in [4.78, 5) is 32.3. The van der Waals surface area contributed by atoms with Crippen LogP contribution in [-0.2, 0) is 4.79 Å². The van der Waals surface area contributed by atoms with Crippen LogP contribution in [0, 0.1) is 5.92 Å². The second kappa shape index (κ2) is 5.67. The third-order valence-electron chi connectivity index (χ3n) is 5.59. The van der Waals surface area contributed by atoms with Crippen molar-refractivity contribution in [3.63, 3.8) is 0 Å². The molecule has 6 nitrogen and oxygen atoms in total. The largest absolute Gasteiger partial charge is 0.367 e. The highest BCUT2D eigenvalue weighted by atomic mass is 16.2. The highest BCUT2D eigenvalue weighted by Crippen LogP contribution is 2.37. The predicted molar refractivity (Wildman–Crippen MR) is 86.0 cm³/mol. The van der Waals surface area contributed by atoms with Gasteiger partial charge in [-0.3, -0.25) is 14.5 Å². The number of aromatic amines is 1. The normalized spacial score (nSPS) is 24.7. The van der Waals surface area contributed by atoms with Gasteiger partial charge in [0.2, 0.25) is 5.91 Å². The van der Waals surface area contributed by atoms with E-state index < -0.39 is 5.54 Å². The zero-order valence-corrected chi connectivity index (χ0v) is 13.4. The van der Waals surface area contributed by atoms with Crippen molar-refractivity contribution < 1.29 is 9.59 Å². The van der Waals surface area contributed by atoms with Gasteiger partial charge in [-0.15, -0.1) is 0 Å². The molecule has 0 unspecified atom stereocenters. The summed E-state index contributed by atoms with van der Waals surface area (Å²) >= 11 is 0. The number of piperazine rings is 1. The Labute approximate surface area is 136 Å². The third kappa shape index (κ3) is 2.65. The fourth-order valence-electron chi connectivity index (χ4n) is 3.97. The lowest BCUT2D eigenvalue weighted by molar-refractivity contribution is -0.141. The smallest absolute Gasteiger partial charge is 0.255 e. The molecule has 3 fully saturated rings. The first-order valence-electron chi connectivity index (χ1n) is 8.64. The Morgan fingerprint density at radius 1 is 1.26 bits per heavy atom. The minimum atomic E-state index is -0.393. The van der Waals surface area contributed by atoms with Gasteiger partial charge in [-0.05, 0) is 37.7 Å². The van der Waals surface area contributed by atoms with Crippen LogP contribution in [-0.4, -0.2) is 64.9 Å². The molecule has 124 valence electrons. The summed E-state index contributed by atoms with van der Waals surface area (Å²) in [6.07, 6.45) is 7.58. The van der Waals surface area contributed by atoms with Gasteiger partial charge in [0.05, 0.1) is 5.56 Å². The number of piperidine rings is 1. The zero-order valence-electron chi connectivity index (χ0n) is 13.4. The van der Waals surface area contributed by atoms with E-state index in [0.717, 1.165) is 38.4 Å². The van der Waals surface area contributed by atoms with E-state index in [1.54, 1.807) is 18.5 Å². The number of hydrogen-bond acceptors (Lipinski definition) is 3. The number of aromatic nitrogens is 1. The number of carbonyl (C=O) groups excluding carboxylic acids is 2. The molecule has 1 spiro atoms. The van der Waals surface area contributed by atoms with E-state index in [9.17, 15) is 9.59 Å². The van der Waals surface area contributed by atoms with Crippen LogP contribution in [0.4, 0.5) is 0 Å². The van der Waals surface area contributed by atoms with Crippen molar-refractivity contribution in [2.24, 2.45) is 5.92 Å². The summed E-state index contributed by atoms with van der Waals surface area (Å²) in [6, 6.07) is 1.80. The number of H-pyrrole nitrogens is 1. The number of amides is 2. The molecule has 0 radical (unpaired) electrons. The van der Waals surface area contributed by atoms with E-state index in [4.69, 9.17) is 0 Å². The van der Waals surface area contributed by atoms with Gasteiger partial charge >= 0.3 is 0 Å². The van der Waals surface area contributed by atoms with Gasteiger partial charge < -0.3 is 15.2 Å². The summed E-state index contributed by atoms with van der Waals surface area (Å²) in [5.41, 5.74) is 0.305. The summed E-state index contributed by atoms with van der Waals surface area (Å²) in [6.45, 7) is 4.03. The Balaban J connectivity index is 1.47. The maximum atomic E-state index is 12.6. The predicted octanol–water partition coefficient (Wildman–Crippen LogP) is 0.831. The topological polar surface area (TPSA) is 68.4 Å². The Hall–Kier alpha value is -1.82. The standard InChI is InChI=1S/C17H24N4O2/c22-15(14-3-6-18-11-14)20-8-4-17(5-9-20)16(23)19-7-10-21(17)12-13-1-2-13/h3,6,11,13,18H,1-2,4-5,7-10,12H2,(H,19,23). The van der Waals surface area contributed by atoms with Crippen LogP contribution in [0.25, 0.3) is 0 Å². The fourth-order valence-corrected chi connectivity index (χ4v) is 3.97. The number of carbonyl (C=O) groups is 2. The van der Waals surface area contributed by atoms with Crippen LogP contribution < -0.4 is 5.32 Å². The molecule has 0 bridgehead atoms. The Morgan fingerprint density at radius 3 is 2.70 bits per heavy atom. The van der Waals surface area contributed by atoms with E-state index in [0.29, 0.717) is 18.7 Å². The Kier molecular flexibility index (Phi) is 3.64. The molecular formula is C17H24N4O2. The van der Waals surface area contributed by atoms with Crippen molar-refractivity contribution in [2.75, 3.05) is 32.7 Å². The van der Waals surface area contributed by atoms with Crippen molar-refractivity contribution >= 4 is 11.8 Å². The van der Waals surface area contributed by atoms with Gasteiger partial charge in [0.25, 0.3) is 5.91 Å². The average Bonchev–Trinajstić information content (AvgIpc) is 3.22. The first kappa shape index (κ1) is 14.8. The summed E-state index contributed by atoms with van der Waals surface area (Å²) < 4.78 is 0. The summed E-state index contributed by atoms with van der Waals surface area (Å²) in [5, 5.41) is 3.05. The van der Waals surface area contributed by atoms with Crippen LogP contribution in [0.2, 0.25) is 0 Å². The average molecular weight is 316 g/mol. The molecule has 2 N–H and O–H groups in total. The van der Waals surface area contributed by atoms with Gasteiger partial charge in [0, 0.05) is 45.1 Å². The summed E-state index contributed by atoms with van der Waals surface area (Å²) in [5.74, 6) is 1.00. The van der Waals surface area contributed by atoms with Crippen molar-refractivity contribution in [3.8, 4) is 0 Å². The van der Waals surface area contributed by atoms with Crippen molar-refractivity contribution in [1.82, 2.24) is 20.1 Å². The van der Waals surface area contributed by atoms with Gasteiger partial charge in [-0.25, -0.2) is 0 Å². The molecule has 2 saturated heterocycles. The molecule has 4 rings (SSSR count). The lowest BCUT2D eigenvalue weighted by atomic mass is 9.82. The number of nitrogens with zero attached hydrogens (tertiary/aromatic N) is 2. The minimum Gasteiger partial charge on any atom is -0.367 e. The molecule has 1 aromatic heterocycles. The van der Waals surface area contributed by atoms with Crippen molar-refractivity contribution in [2.45, 2.75) is 31.2 Å². The lowest BCUT2D eigenvalue weighted by Crippen LogP contribution is -2.68. The van der Waals surface area contributed by atoms with Crippen LogP contribution in [0.1, 0.15) is 36.0 Å². The highest BCUT2D eigenvalue weighted by Gasteiger charge is 2.49. The molecule has 23 heavy (non-hydrogen) atoms. The molecule has 1 aromatic rings. The zero-order chi connectivity index (χ0) is 15.9. The lowest BCUT2D eigenvalue weighted by Gasteiger charge is -2.50. The number of nitrogens with one attached hydrogen (secondary N) is 2. The Bertz CT molecular complexity index is 586. The Morgan fingerprint density at radius 2 is 2.04 bits per heavy atom. The molecule has 6 heteroatoms. The summed E-state index contributed by atoms with van der Waals surface area (Å²) in [7, 11) is 0. The minimum absolute atomic E-state index is 0.0612. The van der Waals surface area contributed by atoms with Gasteiger partial charge in [0.15, 0.2) is 0 Å². The molecule has 3 heterocycles. The van der Waals surface area contributed by atoms with Crippen LogP contribution in [0.3, 0.4) is 0 Å². The first-order chi connectivity index (χ1) is 11.2. The van der Waals surface area contributed by atoms with Gasteiger partial charge in [0.1, 0.15) is 5.54 Å². The SMILES string of the molecule is O=C(c1cc[nH]c1)N1CCC2(CC1)C(=O)NCCN2CC1CC1. The maximum absolute atomic E-state index is 12.6. The van der Waals surface area contributed by atoms with E-state index in [2.05, 4.69) is 15.2 Å². The van der Waals surface area contributed by atoms with Crippen molar-refractivity contribution in [1.29, 1.82) is 0 Å².